The van der Waals surface area contributed by atoms with Gasteiger partial charge in [0.1, 0.15) is 0 Å². The molecule has 0 radical (unpaired) electrons. The first-order chi connectivity index (χ1) is 6.77. The lowest BCUT2D eigenvalue weighted by Gasteiger charge is -2.27. The van der Waals surface area contributed by atoms with Gasteiger partial charge in [-0.1, -0.05) is 19.1 Å². The van der Waals surface area contributed by atoms with Gasteiger partial charge < -0.3 is 4.74 Å². The van der Waals surface area contributed by atoms with E-state index in [-0.39, 0.29) is 0 Å². The average Bonchev–Trinajstić information content (AvgIpc) is 2.56. The maximum absolute atomic E-state index is 5.46. The number of thiol groups is 1. The van der Waals surface area contributed by atoms with Crippen molar-refractivity contribution in [2.24, 2.45) is 23.7 Å². The second-order valence-corrected chi connectivity index (χ2v) is 4.78. The van der Waals surface area contributed by atoms with Crippen LogP contribution in [0.25, 0.3) is 0 Å². The van der Waals surface area contributed by atoms with Gasteiger partial charge in [-0.05, 0) is 36.0 Å². The summed E-state index contributed by atoms with van der Waals surface area (Å²) in [5.74, 6) is 4.84. The second-order valence-electron chi connectivity index (χ2n) is 4.42. The summed E-state index contributed by atoms with van der Waals surface area (Å²) < 4.78 is 5.46. The maximum atomic E-state index is 5.46. The number of ether oxygens (including phenoxy) is 1. The van der Waals surface area contributed by atoms with Crippen LogP contribution in [0, 0.1) is 23.7 Å². The normalized spacial score (nSPS) is 40.6. The molecule has 2 heteroatoms. The van der Waals surface area contributed by atoms with Gasteiger partial charge in [-0.15, -0.1) is 0 Å². The van der Waals surface area contributed by atoms with Crippen molar-refractivity contribution in [2.75, 3.05) is 12.9 Å². The minimum Gasteiger partial charge on any atom is -0.501 e. The summed E-state index contributed by atoms with van der Waals surface area (Å²) in [5.41, 5.74) is 0. The van der Waals surface area contributed by atoms with Crippen LogP contribution in [0.1, 0.15) is 13.3 Å². The van der Waals surface area contributed by atoms with Gasteiger partial charge >= 0.3 is 0 Å². The summed E-state index contributed by atoms with van der Waals surface area (Å²) in [6.07, 6.45) is 7.86. The Morgan fingerprint density at radius 3 is 3.00 bits per heavy atom. The summed E-state index contributed by atoms with van der Waals surface area (Å²) >= 11 is 4.45. The Bertz CT molecular complexity index is 269. The highest BCUT2D eigenvalue weighted by atomic mass is 32.1. The van der Waals surface area contributed by atoms with Crippen molar-refractivity contribution in [1.82, 2.24) is 0 Å². The van der Waals surface area contributed by atoms with Crippen LogP contribution in [-0.2, 0) is 4.74 Å². The highest BCUT2D eigenvalue weighted by Crippen LogP contribution is 2.47. The van der Waals surface area contributed by atoms with Crippen molar-refractivity contribution in [3.05, 3.63) is 24.0 Å². The van der Waals surface area contributed by atoms with E-state index in [0.29, 0.717) is 17.8 Å². The van der Waals surface area contributed by atoms with Crippen molar-refractivity contribution in [2.45, 2.75) is 13.3 Å². The zero-order valence-corrected chi connectivity index (χ0v) is 9.71. The Balaban J connectivity index is 2.25. The molecule has 2 aliphatic rings. The van der Waals surface area contributed by atoms with E-state index in [2.05, 4.69) is 37.8 Å². The zero-order valence-electron chi connectivity index (χ0n) is 8.81. The molecule has 0 aromatic rings. The maximum Gasteiger partial charge on any atom is 0.0995 e. The number of rotatable bonds is 2. The molecule has 1 fully saturated rings. The van der Waals surface area contributed by atoms with Gasteiger partial charge in [0, 0.05) is 5.92 Å². The van der Waals surface area contributed by atoms with E-state index >= 15 is 0 Å². The largest absolute Gasteiger partial charge is 0.501 e. The number of methoxy groups -OCH3 is 1. The topological polar surface area (TPSA) is 9.23 Å². The SMILES string of the molecule is COC1=CC=CC2C(C)CC(CS)C12. The molecule has 0 spiro atoms. The molecule has 0 aliphatic heterocycles. The van der Waals surface area contributed by atoms with E-state index in [9.17, 15) is 0 Å². The quantitative estimate of drug-likeness (QED) is 0.689. The first-order valence-corrected chi connectivity index (χ1v) is 5.94. The molecule has 78 valence electrons. The average molecular weight is 210 g/mol. The van der Waals surface area contributed by atoms with Gasteiger partial charge in [0.2, 0.25) is 0 Å². The van der Waals surface area contributed by atoms with Crippen LogP contribution in [0.4, 0.5) is 0 Å². The highest BCUT2D eigenvalue weighted by molar-refractivity contribution is 7.80. The lowest BCUT2D eigenvalue weighted by molar-refractivity contribution is 0.203. The molecule has 14 heavy (non-hydrogen) atoms. The predicted octanol–water partition coefficient (Wildman–Crippen LogP) is 2.90. The summed E-state index contributed by atoms with van der Waals surface area (Å²) in [6.45, 7) is 2.34. The Morgan fingerprint density at radius 1 is 1.57 bits per heavy atom. The molecular weight excluding hydrogens is 192 g/mol. The molecular formula is C12H18OS. The Labute approximate surface area is 91.6 Å². The standard InChI is InChI=1S/C12H18OS/c1-8-6-9(7-14)12-10(8)4-3-5-11(12)13-2/h3-5,8-10,12,14H,6-7H2,1-2H3. The molecule has 1 saturated carbocycles. The summed E-state index contributed by atoms with van der Waals surface area (Å²) in [6, 6.07) is 0. The van der Waals surface area contributed by atoms with Crippen molar-refractivity contribution < 1.29 is 4.74 Å². The van der Waals surface area contributed by atoms with Crippen LogP contribution in [0.15, 0.2) is 24.0 Å². The van der Waals surface area contributed by atoms with Crippen LogP contribution in [0.3, 0.4) is 0 Å². The van der Waals surface area contributed by atoms with E-state index in [1.54, 1.807) is 7.11 Å². The van der Waals surface area contributed by atoms with Gasteiger partial charge in [-0.3, -0.25) is 0 Å². The van der Waals surface area contributed by atoms with Crippen molar-refractivity contribution in [3.63, 3.8) is 0 Å². The smallest absolute Gasteiger partial charge is 0.0995 e. The third-order valence-electron chi connectivity index (χ3n) is 3.65. The van der Waals surface area contributed by atoms with E-state index in [0.717, 1.165) is 17.4 Å². The zero-order chi connectivity index (χ0) is 10.1. The molecule has 4 unspecified atom stereocenters. The molecule has 0 amide bonds. The molecule has 0 aromatic carbocycles. The third-order valence-corrected chi connectivity index (χ3v) is 4.12. The van der Waals surface area contributed by atoms with Gasteiger partial charge in [0.25, 0.3) is 0 Å². The van der Waals surface area contributed by atoms with E-state index < -0.39 is 0 Å². The fourth-order valence-electron chi connectivity index (χ4n) is 2.96. The van der Waals surface area contributed by atoms with Crippen LogP contribution in [0.5, 0.6) is 0 Å². The van der Waals surface area contributed by atoms with E-state index in [4.69, 9.17) is 4.74 Å². The minimum atomic E-state index is 0.581. The van der Waals surface area contributed by atoms with Gasteiger partial charge in [-0.25, -0.2) is 0 Å². The van der Waals surface area contributed by atoms with Crippen LogP contribution in [-0.4, -0.2) is 12.9 Å². The van der Waals surface area contributed by atoms with E-state index in [1.165, 1.54) is 6.42 Å². The summed E-state index contributed by atoms with van der Waals surface area (Å²) in [4.78, 5) is 0. The monoisotopic (exact) mass is 210 g/mol. The summed E-state index contributed by atoms with van der Waals surface area (Å²) in [5, 5.41) is 0. The lowest BCUT2D eigenvalue weighted by Crippen LogP contribution is -2.21. The molecule has 1 nitrogen and oxygen atoms in total. The number of fused-ring (bicyclic) bond motifs is 1. The van der Waals surface area contributed by atoms with Gasteiger partial charge in [-0.2, -0.15) is 12.6 Å². The van der Waals surface area contributed by atoms with E-state index in [1.807, 2.05) is 0 Å². The number of hydrogen-bond donors (Lipinski definition) is 1. The predicted molar refractivity (Wildman–Crippen MR) is 62.3 cm³/mol. The van der Waals surface area contributed by atoms with Gasteiger partial charge in [0.15, 0.2) is 0 Å². The van der Waals surface area contributed by atoms with Crippen LogP contribution in [0.2, 0.25) is 0 Å². The highest BCUT2D eigenvalue weighted by Gasteiger charge is 2.42. The Kier molecular flexibility index (Phi) is 2.91. The Morgan fingerprint density at radius 2 is 2.36 bits per heavy atom. The first-order valence-electron chi connectivity index (χ1n) is 5.31. The first kappa shape index (κ1) is 10.2. The fourth-order valence-corrected chi connectivity index (χ4v) is 3.34. The minimum absolute atomic E-state index is 0.581. The van der Waals surface area contributed by atoms with Crippen molar-refractivity contribution in [3.8, 4) is 0 Å². The Hall–Kier alpha value is -0.370. The van der Waals surface area contributed by atoms with Crippen molar-refractivity contribution >= 4 is 12.6 Å². The molecule has 2 aliphatic carbocycles. The molecule has 0 saturated heterocycles. The number of allylic oxidation sites excluding steroid dienone is 4. The lowest BCUT2D eigenvalue weighted by atomic mass is 9.83. The number of hydrogen-bond acceptors (Lipinski definition) is 2. The fraction of sp³-hybridized carbons (Fsp3) is 0.667. The molecule has 0 heterocycles. The molecule has 4 atom stereocenters. The third kappa shape index (κ3) is 1.50. The van der Waals surface area contributed by atoms with Crippen LogP contribution >= 0.6 is 12.6 Å². The summed E-state index contributed by atoms with van der Waals surface area (Å²) in [7, 11) is 1.78. The second kappa shape index (κ2) is 4.01. The molecule has 0 aromatic heterocycles. The van der Waals surface area contributed by atoms with Gasteiger partial charge in [0.05, 0.1) is 12.9 Å². The molecule has 0 bridgehead atoms. The molecule has 2 rings (SSSR count). The molecule has 0 N–H and O–H groups in total. The van der Waals surface area contributed by atoms with Crippen LogP contribution < -0.4 is 0 Å². The van der Waals surface area contributed by atoms with Crippen molar-refractivity contribution in [1.29, 1.82) is 0 Å².